The molecule has 3 aromatic carbocycles. The zero-order valence-electron chi connectivity index (χ0n) is 19.3. The Morgan fingerprint density at radius 2 is 1.61 bits per heavy atom. The van der Waals surface area contributed by atoms with Gasteiger partial charge in [-0.25, -0.2) is 0 Å². The Morgan fingerprint density at radius 1 is 0.833 bits per heavy atom. The lowest BCUT2D eigenvalue weighted by Crippen LogP contribution is -2.21. The molecule has 0 saturated carbocycles. The number of carbonyl (C=O) groups is 3. The van der Waals surface area contributed by atoms with Gasteiger partial charge in [-0.15, -0.1) is 11.3 Å². The number of rotatable bonds is 10. The topological polar surface area (TPSA) is 105 Å². The molecule has 8 heteroatoms. The molecule has 7 nitrogen and oxygen atoms in total. The van der Waals surface area contributed by atoms with Crippen LogP contribution >= 0.6 is 11.3 Å². The molecule has 3 N–H and O–H groups in total. The van der Waals surface area contributed by atoms with Crippen molar-refractivity contribution in [2.45, 2.75) is 12.8 Å². The third kappa shape index (κ3) is 6.80. The van der Waals surface area contributed by atoms with Crippen molar-refractivity contribution in [2.24, 2.45) is 0 Å². The van der Waals surface area contributed by atoms with Gasteiger partial charge in [0.1, 0.15) is 5.75 Å². The number of aliphatic carboxylic acids is 1. The molecule has 0 saturated heterocycles. The number of benzene rings is 3. The number of carboxylic acid groups (broad SMARTS) is 1. The van der Waals surface area contributed by atoms with E-state index in [1.165, 1.54) is 17.4 Å². The lowest BCUT2D eigenvalue weighted by atomic mass is 10.0. The van der Waals surface area contributed by atoms with Gasteiger partial charge in [-0.2, -0.15) is 0 Å². The summed E-state index contributed by atoms with van der Waals surface area (Å²) in [7, 11) is 0. The first-order chi connectivity index (χ1) is 17.5. The third-order valence-corrected chi connectivity index (χ3v) is 6.18. The molecular weight excluding hydrogens is 476 g/mol. The average molecular weight is 501 g/mol. The van der Waals surface area contributed by atoms with Gasteiger partial charge in [-0.1, -0.05) is 54.6 Å². The smallest absolute Gasteiger partial charge is 0.307 e. The number of para-hydroxylation sites is 1. The number of carboxylic acids is 1. The van der Waals surface area contributed by atoms with E-state index in [1.54, 1.807) is 29.6 Å². The van der Waals surface area contributed by atoms with Crippen LogP contribution in [0.25, 0.3) is 0 Å². The quantitative estimate of drug-likeness (QED) is 0.276. The lowest BCUT2D eigenvalue weighted by molar-refractivity contribution is -0.136. The molecule has 0 bridgehead atoms. The Labute approximate surface area is 212 Å². The molecule has 2 amide bonds. The maximum atomic E-state index is 12.7. The van der Waals surface area contributed by atoms with E-state index in [0.717, 1.165) is 16.8 Å². The first-order valence-corrected chi connectivity index (χ1v) is 12.1. The van der Waals surface area contributed by atoms with Crippen molar-refractivity contribution >= 4 is 39.8 Å². The minimum Gasteiger partial charge on any atom is -0.484 e. The second-order valence-electron chi connectivity index (χ2n) is 7.98. The molecule has 0 aliphatic rings. The van der Waals surface area contributed by atoms with E-state index in [-0.39, 0.29) is 18.9 Å². The van der Waals surface area contributed by atoms with Gasteiger partial charge in [-0.05, 0) is 58.8 Å². The van der Waals surface area contributed by atoms with E-state index >= 15 is 0 Å². The summed E-state index contributed by atoms with van der Waals surface area (Å²) in [5, 5.41) is 16.9. The minimum absolute atomic E-state index is 0.175. The molecule has 1 aromatic heterocycles. The van der Waals surface area contributed by atoms with E-state index in [2.05, 4.69) is 10.6 Å². The largest absolute Gasteiger partial charge is 0.484 e. The fourth-order valence-electron chi connectivity index (χ4n) is 3.60. The van der Waals surface area contributed by atoms with Crippen LogP contribution in [0.15, 0.2) is 90.3 Å². The van der Waals surface area contributed by atoms with Crippen molar-refractivity contribution in [3.8, 4) is 5.75 Å². The first kappa shape index (κ1) is 24.7. The van der Waals surface area contributed by atoms with Crippen LogP contribution in [0.3, 0.4) is 0 Å². The van der Waals surface area contributed by atoms with Crippen molar-refractivity contribution in [1.29, 1.82) is 0 Å². The SMILES string of the molecule is O=C(O)Cc1ccsc1NC(=O)c1cccc(OCC(=O)Nc2ccccc2Cc2ccccc2)c1. The summed E-state index contributed by atoms with van der Waals surface area (Å²) < 4.78 is 5.63. The van der Waals surface area contributed by atoms with Crippen molar-refractivity contribution in [3.63, 3.8) is 0 Å². The minimum atomic E-state index is -0.972. The summed E-state index contributed by atoms with van der Waals surface area (Å²) in [6.45, 7) is -0.224. The molecule has 0 fully saturated rings. The number of amides is 2. The highest BCUT2D eigenvalue weighted by molar-refractivity contribution is 7.14. The van der Waals surface area contributed by atoms with E-state index in [4.69, 9.17) is 9.84 Å². The van der Waals surface area contributed by atoms with Crippen LogP contribution in [-0.2, 0) is 22.4 Å². The number of carbonyl (C=O) groups excluding carboxylic acids is 2. The molecular formula is C28H24N2O5S. The molecule has 0 aliphatic carbocycles. The zero-order chi connectivity index (χ0) is 25.3. The van der Waals surface area contributed by atoms with Gasteiger partial charge in [0.05, 0.1) is 11.4 Å². The molecule has 4 rings (SSSR count). The molecule has 0 spiro atoms. The van der Waals surface area contributed by atoms with Crippen LogP contribution in [0, 0.1) is 0 Å². The molecule has 36 heavy (non-hydrogen) atoms. The fraction of sp³-hybridized carbons (Fsp3) is 0.107. The number of anilines is 2. The van der Waals surface area contributed by atoms with Crippen molar-refractivity contribution in [1.82, 2.24) is 0 Å². The van der Waals surface area contributed by atoms with Crippen LogP contribution in [0.4, 0.5) is 10.7 Å². The third-order valence-electron chi connectivity index (χ3n) is 5.31. The summed E-state index contributed by atoms with van der Waals surface area (Å²) in [6.07, 6.45) is 0.513. The standard InChI is InChI=1S/C28H24N2O5S/c31-25(29-24-12-5-4-9-20(24)15-19-7-2-1-3-8-19)18-35-23-11-6-10-21(16-23)27(34)30-28-22(13-14-36-28)17-26(32)33/h1-14,16H,15,17-18H2,(H,29,31)(H,30,34)(H,32,33). The number of thiophene rings is 1. The highest BCUT2D eigenvalue weighted by Crippen LogP contribution is 2.25. The average Bonchev–Trinajstić information content (AvgIpc) is 3.30. The van der Waals surface area contributed by atoms with Crippen LogP contribution in [0.5, 0.6) is 5.75 Å². The van der Waals surface area contributed by atoms with Crippen molar-refractivity contribution in [3.05, 3.63) is 113 Å². The number of hydrogen-bond acceptors (Lipinski definition) is 5. The number of ether oxygens (including phenoxy) is 1. The second kappa shape index (κ2) is 11.8. The lowest BCUT2D eigenvalue weighted by Gasteiger charge is -2.12. The van der Waals surface area contributed by atoms with Gasteiger partial charge in [0, 0.05) is 11.3 Å². The molecule has 182 valence electrons. The molecule has 0 unspecified atom stereocenters. The Kier molecular flexibility index (Phi) is 8.10. The van der Waals surface area contributed by atoms with E-state index in [9.17, 15) is 14.4 Å². The molecule has 0 atom stereocenters. The van der Waals surface area contributed by atoms with Crippen molar-refractivity contribution < 1.29 is 24.2 Å². The molecule has 0 radical (unpaired) electrons. The molecule has 4 aromatic rings. The second-order valence-corrected chi connectivity index (χ2v) is 8.90. The summed E-state index contributed by atoms with van der Waals surface area (Å²) in [6, 6.07) is 25.8. The normalized spacial score (nSPS) is 10.4. The Bertz CT molecular complexity index is 1370. The van der Waals surface area contributed by atoms with Gasteiger partial charge in [0.25, 0.3) is 11.8 Å². The van der Waals surface area contributed by atoms with Gasteiger partial charge in [-0.3, -0.25) is 14.4 Å². The monoisotopic (exact) mass is 500 g/mol. The fourth-order valence-corrected chi connectivity index (χ4v) is 4.41. The zero-order valence-corrected chi connectivity index (χ0v) is 20.1. The number of hydrogen-bond donors (Lipinski definition) is 3. The maximum absolute atomic E-state index is 12.7. The predicted molar refractivity (Wildman–Crippen MR) is 140 cm³/mol. The predicted octanol–water partition coefficient (Wildman–Crippen LogP) is 5.24. The highest BCUT2D eigenvalue weighted by atomic mass is 32.1. The van der Waals surface area contributed by atoms with Crippen LogP contribution in [0.2, 0.25) is 0 Å². The van der Waals surface area contributed by atoms with Gasteiger partial charge >= 0.3 is 5.97 Å². The number of nitrogens with one attached hydrogen (secondary N) is 2. The van der Waals surface area contributed by atoms with Gasteiger partial charge in [0.2, 0.25) is 0 Å². The Hall–Kier alpha value is -4.43. The van der Waals surface area contributed by atoms with E-state index < -0.39 is 11.9 Å². The summed E-state index contributed by atoms with van der Waals surface area (Å²) in [5.41, 5.74) is 3.72. The van der Waals surface area contributed by atoms with E-state index in [0.29, 0.717) is 28.3 Å². The van der Waals surface area contributed by atoms with E-state index in [1.807, 2.05) is 54.6 Å². The van der Waals surface area contributed by atoms with Crippen LogP contribution in [0.1, 0.15) is 27.0 Å². The maximum Gasteiger partial charge on any atom is 0.307 e. The summed E-state index contributed by atoms with van der Waals surface area (Å²) >= 11 is 1.26. The summed E-state index contributed by atoms with van der Waals surface area (Å²) in [5.74, 6) is -1.32. The van der Waals surface area contributed by atoms with Crippen LogP contribution < -0.4 is 15.4 Å². The molecule has 1 heterocycles. The highest BCUT2D eigenvalue weighted by Gasteiger charge is 2.14. The Balaban J connectivity index is 1.35. The Morgan fingerprint density at radius 3 is 2.42 bits per heavy atom. The van der Waals surface area contributed by atoms with Crippen LogP contribution in [-0.4, -0.2) is 29.5 Å². The molecule has 0 aliphatic heterocycles. The van der Waals surface area contributed by atoms with Crippen molar-refractivity contribution in [2.75, 3.05) is 17.2 Å². The summed E-state index contributed by atoms with van der Waals surface area (Å²) in [4.78, 5) is 36.3. The first-order valence-electron chi connectivity index (χ1n) is 11.2. The van der Waals surface area contributed by atoms with Gasteiger partial charge in [0.15, 0.2) is 6.61 Å². The van der Waals surface area contributed by atoms with Gasteiger partial charge < -0.3 is 20.5 Å².